The molecule has 1 saturated heterocycles. The highest BCUT2D eigenvalue weighted by Gasteiger charge is 2.23. The van der Waals surface area contributed by atoms with E-state index in [9.17, 15) is 9.00 Å². The number of benzene rings is 1. The van der Waals surface area contributed by atoms with Gasteiger partial charge in [0.15, 0.2) is 0 Å². The Labute approximate surface area is 138 Å². The Hall–Kier alpha value is -1.01. The Bertz CT molecular complexity index is 555. The minimum absolute atomic E-state index is 0.107. The van der Waals surface area contributed by atoms with Crippen LogP contribution in [-0.2, 0) is 22.0 Å². The van der Waals surface area contributed by atoms with Gasteiger partial charge in [0.2, 0.25) is 0 Å². The first-order chi connectivity index (χ1) is 10.3. The summed E-state index contributed by atoms with van der Waals surface area (Å²) in [5.41, 5.74) is 1.21. The van der Waals surface area contributed by atoms with E-state index in [1.54, 1.807) is 11.8 Å². The van der Waals surface area contributed by atoms with E-state index in [4.69, 9.17) is 4.74 Å². The van der Waals surface area contributed by atoms with E-state index in [0.717, 1.165) is 29.2 Å². The van der Waals surface area contributed by atoms with Gasteiger partial charge in [-0.2, -0.15) is 0 Å². The number of thioether (sulfide) groups is 1. The first kappa shape index (κ1) is 17.3. The maximum Gasteiger partial charge on any atom is 0.412 e. The normalized spacial score (nSPS) is 22.1. The molecule has 2 rings (SSSR count). The number of rotatable bonds is 3. The number of nitrogens with one attached hydrogen (secondary N) is 1. The Balaban J connectivity index is 2.06. The van der Waals surface area contributed by atoms with Gasteiger partial charge >= 0.3 is 6.09 Å². The van der Waals surface area contributed by atoms with E-state index in [0.29, 0.717) is 6.42 Å². The third kappa shape index (κ3) is 5.32. The maximum absolute atomic E-state index is 12.1. The molecule has 1 N–H and O–H groups in total. The van der Waals surface area contributed by atoms with Crippen molar-refractivity contribution in [3.8, 4) is 0 Å². The zero-order valence-corrected chi connectivity index (χ0v) is 14.9. The molecule has 4 nitrogen and oxygen atoms in total. The number of amides is 1. The number of hydrogen-bond acceptors (Lipinski definition) is 4. The average Bonchev–Trinajstić information content (AvgIpc) is 2.41. The maximum atomic E-state index is 12.1. The zero-order valence-electron chi connectivity index (χ0n) is 13.3. The van der Waals surface area contributed by atoms with E-state index >= 15 is 0 Å². The molecule has 1 aromatic rings. The van der Waals surface area contributed by atoms with Crippen molar-refractivity contribution in [1.82, 2.24) is 0 Å². The van der Waals surface area contributed by atoms with Crippen LogP contribution in [0.1, 0.15) is 32.8 Å². The van der Waals surface area contributed by atoms with Gasteiger partial charge in [0.25, 0.3) is 0 Å². The van der Waals surface area contributed by atoms with Crippen LogP contribution in [0.5, 0.6) is 0 Å². The van der Waals surface area contributed by atoms with Crippen LogP contribution in [-0.4, -0.2) is 32.0 Å². The summed E-state index contributed by atoms with van der Waals surface area (Å²) in [6, 6.07) is 7.64. The smallest absolute Gasteiger partial charge is 0.412 e. The highest BCUT2D eigenvalue weighted by molar-refractivity contribution is 8.11. The predicted octanol–water partition coefficient (Wildman–Crippen LogP) is 3.79. The van der Waals surface area contributed by atoms with Crippen molar-refractivity contribution in [2.24, 2.45) is 0 Å². The summed E-state index contributed by atoms with van der Waals surface area (Å²) in [6.45, 7) is 5.50. The first-order valence-corrected chi connectivity index (χ1v) is 9.85. The van der Waals surface area contributed by atoms with Crippen LogP contribution >= 0.6 is 11.8 Å². The van der Waals surface area contributed by atoms with E-state index in [-0.39, 0.29) is 4.58 Å². The zero-order chi connectivity index (χ0) is 16.2. The summed E-state index contributed by atoms with van der Waals surface area (Å²) in [5, 5.41) is 2.80. The summed E-state index contributed by atoms with van der Waals surface area (Å²) in [6.07, 6.45) is 1.26. The summed E-state index contributed by atoms with van der Waals surface area (Å²) < 4.78 is 17.5. The second-order valence-electron chi connectivity index (χ2n) is 6.23. The van der Waals surface area contributed by atoms with E-state index in [1.165, 1.54) is 0 Å². The van der Waals surface area contributed by atoms with Crippen molar-refractivity contribution in [2.45, 2.75) is 43.8 Å². The quantitative estimate of drug-likeness (QED) is 0.909. The Morgan fingerprint density at radius 3 is 2.82 bits per heavy atom. The number of para-hydroxylation sites is 1. The monoisotopic (exact) mass is 341 g/mol. The molecule has 0 radical (unpaired) electrons. The lowest BCUT2D eigenvalue weighted by atomic mass is 10.1. The molecule has 1 aliphatic rings. The fourth-order valence-corrected chi connectivity index (χ4v) is 5.48. The predicted molar refractivity (Wildman–Crippen MR) is 93.9 cm³/mol. The molecule has 1 heterocycles. The Kier molecular flexibility index (Phi) is 5.92. The van der Waals surface area contributed by atoms with Crippen LogP contribution < -0.4 is 5.32 Å². The number of carbonyl (C=O) groups excluding carboxylic acids is 1. The molecule has 0 saturated carbocycles. The summed E-state index contributed by atoms with van der Waals surface area (Å²) in [5.74, 6) is 1.83. The van der Waals surface area contributed by atoms with Crippen LogP contribution in [0.15, 0.2) is 24.3 Å². The lowest BCUT2D eigenvalue weighted by molar-refractivity contribution is 0.0636. The summed E-state index contributed by atoms with van der Waals surface area (Å²) in [4.78, 5) is 11.9. The fraction of sp³-hybridized carbons (Fsp3) is 0.562. The number of anilines is 1. The standard InChI is InChI=1S/C16H23NO3S2/c1-16(2,3)20-15(18)17-13-8-5-4-7-12(13)11-14-21-9-6-10-22(14)19/h4-5,7-8,14H,6,9-11H2,1-3H3,(H,17,18)/t14-,22+/m1/s1. The Morgan fingerprint density at radius 2 is 2.14 bits per heavy atom. The third-order valence-corrected chi connectivity index (χ3v) is 6.69. The molecule has 0 aliphatic carbocycles. The molecule has 0 aromatic heterocycles. The number of ether oxygens (including phenoxy) is 1. The first-order valence-electron chi connectivity index (χ1n) is 7.42. The third-order valence-electron chi connectivity index (χ3n) is 3.13. The molecule has 0 unspecified atom stereocenters. The summed E-state index contributed by atoms with van der Waals surface area (Å²) >= 11 is 1.76. The molecular formula is C16H23NO3S2. The molecular weight excluding hydrogens is 318 g/mol. The summed E-state index contributed by atoms with van der Waals surface area (Å²) in [7, 11) is -0.796. The molecule has 6 heteroatoms. The SMILES string of the molecule is CC(C)(C)OC(=O)Nc1ccccc1C[C@@H]1SCCC[S@@]1=O. The minimum atomic E-state index is -0.796. The van der Waals surface area contributed by atoms with Gasteiger partial charge in [-0.15, -0.1) is 11.8 Å². The molecule has 0 bridgehead atoms. The van der Waals surface area contributed by atoms with Crippen molar-refractivity contribution in [3.63, 3.8) is 0 Å². The molecule has 1 fully saturated rings. The topological polar surface area (TPSA) is 55.4 Å². The molecule has 122 valence electrons. The second-order valence-corrected chi connectivity index (χ2v) is 9.57. The molecule has 0 spiro atoms. The lowest BCUT2D eigenvalue weighted by Gasteiger charge is -2.23. The largest absolute Gasteiger partial charge is 0.444 e. The van der Waals surface area contributed by atoms with E-state index < -0.39 is 22.5 Å². The van der Waals surface area contributed by atoms with Crippen LogP contribution in [0.4, 0.5) is 10.5 Å². The Morgan fingerprint density at radius 1 is 1.41 bits per heavy atom. The highest BCUT2D eigenvalue weighted by Crippen LogP contribution is 2.28. The highest BCUT2D eigenvalue weighted by atomic mass is 32.2. The van der Waals surface area contributed by atoms with Crippen molar-refractivity contribution >= 4 is 34.3 Å². The van der Waals surface area contributed by atoms with Crippen LogP contribution in [0.3, 0.4) is 0 Å². The average molecular weight is 341 g/mol. The van der Waals surface area contributed by atoms with Gasteiger partial charge < -0.3 is 4.74 Å². The number of hydrogen-bond donors (Lipinski definition) is 1. The van der Waals surface area contributed by atoms with Gasteiger partial charge in [-0.05, 0) is 51.0 Å². The molecule has 2 atom stereocenters. The van der Waals surface area contributed by atoms with Gasteiger partial charge in [0, 0.05) is 22.2 Å². The van der Waals surface area contributed by atoms with Gasteiger partial charge in [-0.3, -0.25) is 9.53 Å². The van der Waals surface area contributed by atoms with Gasteiger partial charge in [-0.1, -0.05) is 18.2 Å². The van der Waals surface area contributed by atoms with Crippen molar-refractivity contribution in [2.75, 3.05) is 16.8 Å². The van der Waals surface area contributed by atoms with E-state index in [2.05, 4.69) is 5.32 Å². The van der Waals surface area contributed by atoms with Crippen molar-refractivity contribution < 1.29 is 13.7 Å². The van der Waals surface area contributed by atoms with Gasteiger partial charge in [0.1, 0.15) is 5.60 Å². The molecule has 1 aromatic carbocycles. The van der Waals surface area contributed by atoms with Crippen LogP contribution in [0, 0.1) is 0 Å². The van der Waals surface area contributed by atoms with Gasteiger partial charge in [0.05, 0.1) is 4.58 Å². The van der Waals surface area contributed by atoms with E-state index in [1.807, 2.05) is 45.0 Å². The molecule has 1 amide bonds. The minimum Gasteiger partial charge on any atom is -0.444 e. The molecule has 1 aliphatic heterocycles. The van der Waals surface area contributed by atoms with Crippen LogP contribution in [0.25, 0.3) is 0 Å². The molecule has 22 heavy (non-hydrogen) atoms. The van der Waals surface area contributed by atoms with Gasteiger partial charge in [-0.25, -0.2) is 4.79 Å². The lowest BCUT2D eigenvalue weighted by Crippen LogP contribution is -2.28. The second kappa shape index (κ2) is 7.51. The number of carbonyl (C=O) groups is 1. The van der Waals surface area contributed by atoms with Crippen LogP contribution in [0.2, 0.25) is 0 Å². The van der Waals surface area contributed by atoms with Crippen molar-refractivity contribution in [3.05, 3.63) is 29.8 Å². The van der Waals surface area contributed by atoms with Crippen molar-refractivity contribution in [1.29, 1.82) is 0 Å². The fourth-order valence-electron chi connectivity index (χ4n) is 2.19.